The molecule has 0 bridgehead atoms. The van der Waals surface area contributed by atoms with E-state index in [-0.39, 0.29) is 24.5 Å². The fourth-order valence-corrected chi connectivity index (χ4v) is 3.00. The number of hydrogen-bond donors (Lipinski definition) is 2. The van der Waals surface area contributed by atoms with Gasteiger partial charge in [0.1, 0.15) is 12.4 Å². The molecule has 1 aliphatic rings. The first-order valence-corrected chi connectivity index (χ1v) is 8.78. The van der Waals surface area contributed by atoms with E-state index < -0.39 is 0 Å². The summed E-state index contributed by atoms with van der Waals surface area (Å²) in [4.78, 5) is 13.3. The molecule has 27 heavy (non-hydrogen) atoms. The van der Waals surface area contributed by atoms with Crippen molar-refractivity contribution in [3.63, 3.8) is 0 Å². The summed E-state index contributed by atoms with van der Waals surface area (Å²) in [6, 6.07) is 11.2. The number of nitrogen functional groups attached to an aromatic ring is 1. The maximum Gasteiger partial charge on any atom is 0.331 e. The SMILES string of the molecule is COC(=O)COC1CCCN(c2ccc(-c3ccc(C(=N)N)cc3)nn2)C1. The summed E-state index contributed by atoms with van der Waals surface area (Å²) in [5.41, 5.74) is 7.82. The van der Waals surface area contributed by atoms with Crippen molar-refractivity contribution in [2.24, 2.45) is 5.73 Å². The van der Waals surface area contributed by atoms with Crippen molar-refractivity contribution in [2.45, 2.75) is 18.9 Å². The summed E-state index contributed by atoms with van der Waals surface area (Å²) in [5, 5.41) is 16.1. The van der Waals surface area contributed by atoms with Crippen LogP contribution in [0.3, 0.4) is 0 Å². The molecule has 0 saturated carbocycles. The average Bonchev–Trinajstić information content (AvgIpc) is 2.72. The molecule has 142 valence electrons. The van der Waals surface area contributed by atoms with Crippen molar-refractivity contribution in [2.75, 3.05) is 31.7 Å². The zero-order valence-electron chi connectivity index (χ0n) is 15.2. The van der Waals surface area contributed by atoms with Gasteiger partial charge in [0.05, 0.1) is 18.9 Å². The Kier molecular flexibility index (Phi) is 5.97. The Bertz CT molecular complexity index is 792. The molecule has 0 radical (unpaired) electrons. The number of piperidine rings is 1. The Hall–Kier alpha value is -3.00. The summed E-state index contributed by atoms with van der Waals surface area (Å²) in [6.07, 6.45) is 1.84. The van der Waals surface area contributed by atoms with Crippen LogP contribution in [-0.4, -0.2) is 54.9 Å². The largest absolute Gasteiger partial charge is 0.467 e. The molecule has 1 saturated heterocycles. The fourth-order valence-electron chi connectivity index (χ4n) is 3.00. The van der Waals surface area contributed by atoms with E-state index in [9.17, 15) is 4.79 Å². The summed E-state index contributed by atoms with van der Waals surface area (Å²) in [7, 11) is 1.35. The van der Waals surface area contributed by atoms with Gasteiger partial charge in [0.25, 0.3) is 0 Å². The molecule has 3 N–H and O–H groups in total. The van der Waals surface area contributed by atoms with Gasteiger partial charge in [-0.1, -0.05) is 24.3 Å². The number of amidine groups is 1. The lowest BCUT2D eigenvalue weighted by Crippen LogP contribution is -2.41. The fraction of sp³-hybridized carbons (Fsp3) is 0.368. The number of benzene rings is 1. The lowest BCUT2D eigenvalue weighted by Gasteiger charge is -2.32. The number of esters is 1. The van der Waals surface area contributed by atoms with Gasteiger partial charge in [-0.2, -0.15) is 0 Å². The second kappa shape index (κ2) is 8.59. The number of nitrogens with one attached hydrogen (secondary N) is 1. The van der Waals surface area contributed by atoms with E-state index in [0.29, 0.717) is 12.1 Å². The lowest BCUT2D eigenvalue weighted by molar-refractivity contribution is -0.148. The van der Waals surface area contributed by atoms with Gasteiger partial charge in [0, 0.05) is 24.2 Å². The van der Waals surface area contributed by atoms with Crippen molar-refractivity contribution in [3.05, 3.63) is 42.0 Å². The number of nitrogens with two attached hydrogens (primary N) is 1. The molecule has 0 amide bonds. The third-order valence-corrected chi connectivity index (χ3v) is 4.51. The van der Waals surface area contributed by atoms with Crippen LogP contribution in [0.25, 0.3) is 11.3 Å². The van der Waals surface area contributed by atoms with Crippen molar-refractivity contribution in [1.29, 1.82) is 5.41 Å². The predicted octanol–water partition coefficient (Wildman–Crippen LogP) is 1.59. The highest BCUT2D eigenvalue weighted by molar-refractivity contribution is 5.95. The molecule has 0 spiro atoms. The molecule has 1 unspecified atom stereocenters. The third kappa shape index (κ3) is 4.79. The summed E-state index contributed by atoms with van der Waals surface area (Å²) >= 11 is 0. The van der Waals surface area contributed by atoms with Gasteiger partial charge >= 0.3 is 5.97 Å². The number of carbonyl (C=O) groups excluding carboxylic acids is 1. The van der Waals surface area contributed by atoms with E-state index in [1.54, 1.807) is 12.1 Å². The van der Waals surface area contributed by atoms with Crippen molar-refractivity contribution >= 4 is 17.6 Å². The highest BCUT2D eigenvalue weighted by Crippen LogP contribution is 2.22. The van der Waals surface area contributed by atoms with Crippen molar-refractivity contribution < 1.29 is 14.3 Å². The van der Waals surface area contributed by atoms with Crippen LogP contribution in [0, 0.1) is 5.41 Å². The van der Waals surface area contributed by atoms with Crippen LogP contribution in [0.15, 0.2) is 36.4 Å². The van der Waals surface area contributed by atoms with E-state index in [1.165, 1.54) is 7.11 Å². The minimum Gasteiger partial charge on any atom is -0.467 e. The molecule has 8 nitrogen and oxygen atoms in total. The average molecular weight is 369 g/mol. The number of nitrogens with zero attached hydrogens (tertiary/aromatic N) is 3. The molecule has 2 aromatic rings. The zero-order valence-corrected chi connectivity index (χ0v) is 15.2. The number of ether oxygens (including phenoxy) is 2. The van der Waals surface area contributed by atoms with Crippen molar-refractivity contribution in [1.82, 2.24) is 10.2 Å². The third-order valence-electron chi connectivity index (χ3n) is 4.51. The number of anilines is 1. The number of aromatic nitrogens is 2. The molecule has 1 atom stereocenters. The van der Waals surface area contributed by atoms with Crippen molar-refractivity contribution in [3.8, 4) is 11.3 Å². The van der Waals surface area contributed by atoms with Crippen LogP contribution in [0.5, 0.6) is 0 Å². The minimum absolute atomic E-state index is 0.0292. The highest BCUT2D eigenvalue weighted by Gasteiger charge is 2.22. The molecule has 1 aromatic carbocycles. The van der Waals surface area contributed by atoms with Gasteiger partial charge in [-0.25, -0.2) is 4.79 Å². The summed E-state index contributed by atoms with van der Waals surface area (Å²) in [6.45, 7) is 1.51. The van der Waals surface area contributed by atoms with Gasteiger partial charge in [-0.05, 0) is 25.0 Å². The van der Waals surface area contributed by atoms with E-state index in [4.69, 9.17) is 15.9 Å². The summed E-state index contributed by atoms with van der Waals surface area (Å²) < 4.78 is 10.2. The standard InChI is InChI=1S/C19H23N5O3/c1-26-18(25)12-27-15-3-2-10-24(11-15)17-9-8-16(22-23-17)13-4-6-14(7-5-13)19(20)21/h4-9,15H,2-3,10-12H2,1H3,(H3,20,21). The van der Waals surface area contributed by atoms with Gasteiger partial charge in [-0.3, -0.25) is 5.41 Å². The predicted molar refractivity (Wildman–Crippen MR) is 102 cm³/mol. The van der Waals surface area contributed by atoms with E-state index >= 15 is 0 Å². The van der Waals surface area contributed by atoms with Crippen LogP contribution >= 0.6 is 0 Å². The maximum absolute atomic E-state index is 11.2. The van der Waals surface area contributed by atoms with Gasteiger partial charge in [-0.15, -0.1) is 10.2 Å². The summed E-state index contributed by atoms with van der Waals surface area (Å²) in [5.74, 6) is 0.453. The number of methoxy groups -OCH3 is 1. The number of hydrogen-bond acceptors (Lipinski definition) is 7. The van der Waals surface area contributed by atoms with Gasteiger partial charge in [0.15, 0.2) is 5.82 Å². The topological polar surface area (TPSA) is 114 Å². The second-order valence-electron chi connectivity index (χ2n) is 6.37. The number of carbonyl (C=O) groups is 1. The van der Waals surface area contributed by atoms with E-state index in [2.05, 4.69) is 19.8 Å². The van der Waals surface area contributed by atoms with E-state index in [1.807, 2.05) is 24.3 Å². The monoisotopic (exact) mass is 369 g/mol. The van der Waals surface area contributed by atoms with Crippen LogP contribution in [-0.2, 0) is 14.3 Å². The highest BCUT2D eigenvalue weighted by atomic mass is 16.6. The minimum atomic E-state index is -0.368. The number of rotatable bonds is 6. The first kappa shape index (κ1) is 18.8. The Labute approximate surface area is 157 Å². The Morgan fingerprint density at radius 1 is 1.26 bits per heavy atom. The van der Waals surface area contributed by atoms with Crippen LogP contribution < -0.4 is 10.6 Å². The zero-order chi connectivity index (χ0) is 19.2. The molecule has 8 heteroatoms. The first-order valence-electron chi connectivity index (χ1n) is 8.78. The Morgan fingerprint density at radius 2 is 2.04 bits per heavy atom. The van der Waals surface area contributed by atoms with Gasteiger partial charge < -0.3 is 20.1 Å². The van der Waals surface area contributed by atoms with Crippen LogP contribution in [0.4, 0.5) is 5.82 Å². The Morgan fingerprint density at radius 3 is 2.67 bits per heavy atom. The second-order valence-corrected chi connectivity index (χ2v) is 6.37. The molecule has 1 aromatic heterocycles. The van der Waals surface area contributed by atoms with E-state index in [0.717, 1.165) is 36.5 Å². The quantitative estimate of drug-likeness (QED) is 0.451. The normalized spacial score (nSPS) is 16.8. The Balaban J connectivity index is 1.64. The molecule has 0 aliphatic carbocycles. The van der Waals surface area contributed by atoms with Gasteiger partial charge in [0.2, 0.25) is 0 Å². The first-order chi connectivity index (χ1) is 13.1. The molecule has 1 aliphatic heterocycles. The smallest absolute Gasteiger partial charge is 0.331 e. The van der Waals surface area contributed by atoms with Crippen LogP contribution in [0.2, 0.25) is 0 Å². The molecular formula is C19H23N5O3. The maximum atomic E-state index is 11.2. The molecule has 3 rings (SSSR count). The molecule has 1 fully saturated rings. The molecule has 2 heterocycles. The van der Waals surface area contributed by atoms with Crippen LogP contribution in [0.1, 0.15) is 18.4 Å². The lowest BCUT2D eigenvalue weighted by atomic mass is 10.1. The molecular weight excluding hydrogens is 346 g/mol.